The number of ether oxygens (including phenoxy) is 1. The van der Waals surface area contributed by atoms with Crippen molar-refractivity contribution in [2.75, 3.05) is 6.61 Å². The number of hydrogen-bond acceptors (Lipinski definition) is 5. The molecule has 0 aliphatic carbocycles. The van der Waals surface area contributed by atoms with Crippen LogP contribution >= 0.6 is 0 Å². The summed E-state index contributed by atoms with van der Waals surface area (Å²) in [6, 6.07) is 1.20. The Hall–Kier alpha value is -1.48. The van der Waals surface area contributed by atoms with E-state index in [-0.39, 0.29) is 18.5 Å². The van der Waals surface area contributed by atoms with Gasteiger partial charge in [0.25, 0.3) is 5.56 Å². The zero-order valence-electron chi connectivity index (χ0n) is 8.87. The van der Waals surface area contributed by atoms with E-state index in [4.69, 9.17) is 9.84 Å². The molecule has 0 saturated carbocycles. The Labute approximate surface area is 95.4 Å². The molecule has 2 heterocycles. The van der Waals surface area contributed by atoms with Crippen molar-refractivity contribution >= 4 is 0 Å². The fraction of sp³-hybridized carbons (Fsp3) is 0.556. The molecule has 3 atom stereocenters. The molecule has 96 valence electrons. The highest BCUT2D eigenvalue weighted by Crippen LogP contribution is 2.26. The van der Waals surface area contributed by atoms with Crippen molar-refractivity contribution in [1.82, 2.24) is 9.55 Å². The van der Waals surface area contributed by atoms with Gasteiger partial charge in [-0.2, -0.15) is 0 Å². The first kappa shape index (κ1) is 13.6. The van der Waals surface area contributed by atoms with Gasteiger partial charge >= 0.3 is 5.69 Å². The molecule has 1 aromatic heterocycles. The van der Waals surface area contributed by atoms with Crippen LogP contribution in [-0.4, -0.2) is 44.1 Å². The molecule has 17 heavy (non-hydrogen) atoms. The maximum atomic E-state index is 11.4. The highest BCUT2D eigenvalue weighted by Gasteiger charge is 2.34. The minimum Gasteiger partial charge on any atom is -0.412 e. The lowest BCUT2D eigenvalue weighted by atomic mass is 10.2. The van der Waals surface area contributed by atoms with E-state index >= 15 is 0 Å². The lowest BCUT2D eigenvalue weighted by molar-refractivity contribution is -0.0459. The SMILES string of the molecule is O.O=c1ccn([C@H]2C[C@H](O)[C@@H](CO)O2)c(=O)[nH]1. The molecule has 1 aromatic rings. The third kappa shape index (κ3) is 2.61. The van der Waals surface area contributed by atoms with Crippen molar-refractivity contribution in [3.05, 3.63) is 33.1 Å². The highest BCUT2D eigenvalue weighted by atomic mass is 16.5. The molecule has 5 N–H and O–H groups in total. The summed E-state index contributed by atoms with van der Waals surface area (Å²) >= 11 is 0. The second kappa shape index (κ2) is 5.23. The van der Waals surface area contributed by atoms with Crippen molar-refractivity contribution in [3.8, 4) is 0 Å². The predicted molar refractivity (Wildman–Crippen MR) is 56.6 cm³/mol. The fourth-order valence-corrected chi connectivity index (χ4v) is 1.70. The molecule has 8 nitrogen and oxygen atoms in total. The smallest absolute Gasteiger partial charge is 0.330 e. The largest absolute Gasteiger partial charge is 0.412 e. The van der Waals surface area contributed by atoms with Gasteiger partial charge in [-0.25, -0.2) is 4.79 Å². The normalized spacial score (nSPS) is 27.8. The van der Waals surface area contributed by atoms with Crippen LogP contribution in [0.4, 0.5) is 0 Å². The summed E-state index contributed by atoms with van der Waals surface area (Å²) in [5.41, 5.74) is -1.08. The van der Waals surface area contributed by atoms with Gasteiger partial charge in [-0.05, 0) is 0 Å². The average Bonchev–Trinajstić information content (AvgIpc) is 2.59. The Morgan fingerprint density at radius 2 is 2.24 bits per heavy atom. The molecule has 0 bridgehead atoms. The van der Waals surface area contributed by atoms with Crippen LogP contribution in [0.15, 0.2) is 21.9 Å². The van der Waals surface area contributed by atoms with Crippen molar-refractivity contribution in [2.24, 2.45) is 0 Å². The molecule has 0 aromatic carbocycles. The molecule has 1 aliphatic rings. The molecule has 1 fully saturated rings. The minimum atomic E-state index is -0.811. The van der Waals surface area contributed by atoms with Gasteiger partial charge < -0.3 is 20.4 Å². The Morgan fingerprint density at radius 1 is 1.53 bits per heavy atom. The Morgan fingerprint density at radius 3 is 2.76 bits per heavy atom. The standard InChI is InChI=1S/C9H12N2O5.H2O/c12-4-6-5(13)3-8(16-6)11-2-1-7(14)10-9(11)15;/h1-2,5-6,8,12-13H,3-4H2,(H,10,14,15);1H2/t5-,6+,8+;/m0./s1. The second-order valence-corrected chi connectivity index (χ2v) is 3.63. The third-order valence-corrected chi connectivity index (χ3v) is 2.55. The summed E-state index contributed by atoms with van der Waals surface area (Å²) in [5, 5.41) is 18.4. The molecule has 0 spiro atoms. The van der Waals surface area contributed by atoms with Gasteiger partial charge in [-0.3, -0.25) is 14.3 Å². The summed E-state index contributed by atoms with van der Waals surface area (Å²) < 4.78 is 6.45. The number of aliphatic hydroxyl groups excluding tert-OH is 2. The van der Waals surface area contributed by atoms with E-state index in [1.54, 1.807) is 0 Å². The van der Waals surface area contributed by atoms with Crippen LogP contribution in [0, 0.1) is 0 Å². The molecule has 8 heteroatoms. The summed E-state index contributed by atoms with van der Waals surface area (Å²) in [6.07, 6.45) is -0.649. The van der Waals surface area contributed by atoms with E-state index < -0.39 is 29.7 Å². The lowest BCUT2D eigenvalue weighted by Crippen LogP contribution is -2.31. The molecule has 0 amide bonds. The number of hydrogen-bond donors (Lipinski definition) is 3. The summed E-state index contributed by atoms with van der Waals surface area (Å²) in [6.45, 7) is -0.310. The Balaban J connectivity index is 0.00000144. The number of rotatable bonds is 2. The fourth-order valence-electron chi connectivity index (χ4n) is 1.70. The number of nitrogens with one attached hydrogen (secondary N) is 1. The van der Waals surface area contributed by atoms with Gasteiger partial charge in [-0.1, -0.05) is 0 Å². The van der Waals surface area contributed by atoms with Crippen LogP contribution in [0.5, 0.6) is 0 Å². The van der Waals surface area contributed by atoms with E-state index in [1.165, 1.54) is 16.8 Å². The first-order valence-electron chi connectivity index (χ1n) is 4.87. The van der Waals surface area contributed by atoms with Gasteiger partial charge in [0.05, 0.1) is 12.7 Å². The monoisotopic (exact) mass is 246 g/mol. The molecule has 1 saturated heterocycles. The number of H-pyrrole nitrogens is 1. The van der Waals surface area contributed by atoms with Crippen LogP contribution in [0.2, 0.25) is 0 Å². The van der Waals surface area contributed by atoms with Crippen molar-refractivity contribution in [1.29, 1.82) is 0 Å². The van der Waals surface area contributed by atoms with Crippen molar-refractivity contribution < 1.29 is 20.4 Å². The number of aliphatic hydroxyl groups is 2. The Bertz CT molecular complexity index is 481. The summed E-state index contributed by atoms with van der Waals surface area (Å²) in [7, 11) is 0. The first-order valence-corrected chi connectivity index (χ1v) is 4.87. The van der Waals surface area contributed by atoms with Crippen LogP contribution in [0.3, 0.4) is 0 Å². The molecule has 0 unspecified atom stereocenters. The average molecular weight is 246 g/mol. The van der Waals surface area contributed by atoms with Crippen molar-refractivity contribution in [2.45, 2.75) is 24.9 Å². The van der Waals surface area contributed by atoms with Gasteiger partial charge in [0.15, 0.2) is 0 Å². The van der Waals surface area contributed by atoms with Gasteiger partial charge in [0.2, 0.25) is 0 Å². The van der Waals surface area contributed by atoms with Crippen LogP contribution in [-0.2, 0) is 4.74 Å². The van der Waals surface area contributed by atoms with Gasteiger partial charge in [0.1, 0.15) is 12.3 Å². The van der Waals surface area contributed by atoms with Crippen LogP contribution < -0.4 is 11.2 Å². The van der Waals surface area contributed by atoms with Crippen LogP contribution in [0.25, 0.3) is 0 Å². The zero-order valence-corrected chi connectivity index (χ0v) is 8.87. The molecule has 0 radical (unpaired) electrons. The zero-order chi connectivity index (χ0) is 11.7. The molecular weight excluding hydrogens is 232 g/mol. The van der Waals surface area contributed by atoms with E-state index in [0.717, 1.165) is 0 Å². The topological polar surface area (TPSA) is 136 Å². The van der Waals surface area contributed by atoms with Crippen LogP contribution in [0.1, 0.15) is 12.6 Å². The van der Waals surface area contributed by atoms with Crippen molar-refractivity contribution in [3.63, 3.8) is 0 Å². The van der Waals surface area contributed by atoms with E-state index in [9.17, 15) is 14.7 Å². The lowest BCUT2D eigenvalue weighted by Gasteiger charge is -2.13. The molecule has 2 rings (SSSR count). The molecular formula is C9H14N2O6. The summed E-state index contributed by atoms with van der Waals surface area (Å²) in [5.74, 6) is 0. The number of aromatic amines is 1. The summed E-state index contributed by atoms with van der Waals surface area (Å²) in [4.78, 5) is 24.3. The number of aromatic nitrogens is 2. The minimum absolute atomic E-state index is 0. The second-order valence-electron chi connectivity index (χ2n) is 3.63. The van der Waals surface area contributed by atoms with Gasteiger partial charge in [0, 0.05) is 18.7 Å². The maximum Gasteiger partial charge on any atom is 0.330 e. The first-order chi connectivity index (χ1) is 7.61. The van der Waals surface area contributed by atoms with E-state index in [0.29, 0.717) is 0 Å². The quantitative estimate of drug-likeness (QED) is 0.523. The highest BCUT2D eigenvalue weighted by molar-refractivity contribution is 4.88. The van der Waals surface area contributed by atoms with Gasteiger partial charge in [-0.15, -0.1) is 0 Å². The molecule has 1 aliphatic heterocycles. The maximum absolute atomic E-state index is 11.4. The predicted octanol–water partition coefficient (Wildman–Crippen LogP) is -2.65. The number of nitrogens with zero attached hydrogens (tertiary/aromatic N) is 1. The Kier molecular flexibility index (Phi) is 4.18. The van der Waals surface area contributed by atoms with E-state index in [2.05, 4.69) is 4.98 Å². The van der Waals surface area contributed by atoms with E-state index in [1.807, 2.05) is 0 Å². The third-order valence-electron chi connectivity index (χ3n) is 2.55.